The zero-order chi connectivity index (χ0) is 12.9. The van der Waals surface area contributed by atoms with E-state index in [-0.39, 0.29) is 24.5 Å². The van der Waals surface area contributed by atoms with Gasteiger partial charge in [0.15, 0.2) is 5.84 Å². The van der Waals surface area contributed by atoms with Crippen LogP contribution in [0.25, 0.3) is 0 Å². The number of hydrogen-bond acceptors (Lipinski definition) is 4. The molecule has 0 aromatic heterocycles. The Morgan fingerprint density at radius 2 is 1.94 bits per heavy atom. The van der Waals surface area contributed by atoms with Gasteiger partial charge in [-0.15, -0.1) is 0 Å². The lowest BCUT2D eigenvalue weighted by atomic mass is 10.4. The monoisotopic (exact) mass is 252 g/mol. The van der Waals surface area contributed by atoms with Crippen molar-refractivity contribution < 1.29 is 13.6 Å². The molecule has 0 amide bonds. The maximum atomic E-state index is 11.9. The highest BCUT2D eigenvalue weighted by Gasteiger charge is 2.26. The number of nitrogens with zero attached hydrogens (tertiary/aromatic N) is 2. The zero-order valence-electron chi connectivity index (χ0n) is 10.0. The van der Waals surface area contributed by atoms with Gasteiger partial charge in [-0.25, -0.2) is 0 Å². The van der Waals surface area contributed by atoms with E-state index in [0.717, 1.165) is 4.31 Å². The van der Waals surface area contributed by atoms with E-state index in [1.165, 1.54) is 0 Å². The van der Waals surface area contributed by atoms with Gasteiger partial charge in [-0.05, 0) is 27.7 Å². The molecular formula is C8H20N4O3S. The van der Waals surface area contributed by atoms with E-state index in [1.54, 1.807) is 27.7 Å². The second-order valence-electron chi connectivity index (χ2n) is 4.01. The lowest BCUT2D eigenvalue weighted by Crippen LogP contribution is -2.49. The van der Waals surface area contributed by atoms with Gasteiger partial charge in [-0.1, -0.05) is 5.16 Å². The molecule has 0 aliphatic carbocycles. The minimum Gasteiger partial charge on any atom is -0.409 e. The van der Waals surface area contributed by atoms with E-state index in [2.05, 4.69) is 9.88 Å². The van der Waals surface area contributed by atoms with Crippen LogP contribution in [-0.2, 0) is 10.2 Å². The second-order valence-corrected chi connectivity index (χ2v) is 5.66. The summed E-state index contributed by atoms with van der Waals surface area (Å²) >= 11 is 0. The lowest BCUT2D eigenvalue weighted by Gasteiger charge is -2.26. The number of nitrogens with one attached hydrogen (secondary N) is 1. The molecule has 0 aromatic carbocycles. The van der Waals surface area contributed by atoms with E-state index in [0.29, 0.717) is 0 Å². The molecule has 8 heteroatoms. The molecule has 0 unspecified atom stereocenters. The number of hydrogen-bond donors (Lipinski definition) is 3. The first-order chi connectivity index (χ1) is 7.20. The molecule has 16 heavy (non-hydrogen) atoms. The third kappa shape index (κ3) is 4.77. The number of rotatable bonds is 6. The molecule has 4 N–H and O–H groups in total. The van der Waals surface area contributed by atoms with Crippen molar-refractivity contribution in [1.82, 2.24) is 9.03 Å². The van der Waals surface area contributed by atoms with Crippen molar-refractivity contribution in [3.63, 3.8) is 0 Å². The molecule has 0 atom stereocenters. The fourth-order valence-corrected chi connectivity index (χ4v) is 2.69. The highest BCUT2D eigenvalue weighted by atomic mass is 32.2. The van der Waals surface area contributed by atoms with Crippen molar-refractivity contribution in [2.75, 3.05) is 6.54 Å². The molecule has 0 spiro atoms. The van der Waals surface area contributed by atoms with Gasteiger partial charge in [0.25, 0.3) is 10.2 Å². The van der Waals surface area contributed by atoms with E-state index in [1.807, 2.05) is 0 Å². The third-order valence-electron chi connectivity index (χ3n) is 1.72. The summed E-state index contributed by atoms with van der Waals surface area (Å²) in [5.41, 5.74) is 5.31. The summed E-state index contributed by atoms with van der Waals surface area (Å²) in [7, 11) is -3.61. The van der Waals surface area contributed by atoms with Crippen LogP contribution in [0, 0.1) is 0 Å². The van der Waals surface area contributed by atoms with Crippen molar-refractivity contribution in [3.8, 4) is 0 Å². The molecule has 0 bridgehead atoms. The van der Waals surface area contributed by atoms with Gasteiger partial charge >= 0.3 is 0 Å². The van der Waals surface area contributed by atoms with Gasteiger partial charge in [-0.2, -0.15) is 17.4 Å². The summed E-state index contributed by atoms with van der Waals surface area (Å²) in [6, 6.07) is -0.491. The fourth-order valence-electron chi connectivity index (χ4n) is 1.10. The van der Waals surface area contributed by atoms with Crippen molar-refractivity contribution >= 4 is 16.0 Å². The maximum Gasteiger partial charge on any atom is 0.280 e. The molecule has 0 fully saturated rings. The molecule has 0 heterocycles. The Hall–Kier alpha value is -0.860. The minimum atomic E-state index is -3.61. The summed E-state index contributed by atoms with van der Waals surface area (Å²) in [6.07, 6.45) is 0. The topological polar surface area (TPSA) is 108 Å². The van der Waals surface area contributed by atoms with Crippen molar-refractivity contribution in [2.45, 2.75) is 39.8 Å². The van der Waals surface area contributed by atoms with E-state index >= 15 is 0 Å². The molecule has 0 saturated heterocycles. The van der Waals surface area contributed by atoms with Gasteiger partial charge in [0.05, 0.1) is 6.54 Å². The zero-order valence-corrected chi connectivity index (χ0v) is 10.8. The van der Waals surface area contributed by atoms with Crippen molar-refractivity contribution in [3.05, 3.63) is 0 Å². The molecule has 7 nitrogen and oxygen atoms in total. The Bertz CT molecular complexity index is 337. The van der Waals surface area contributed by atoms with E-state index in [4.69, 9.17) is 10.9 Å². The summed E-state index contributed by atoms with van der Waals surface area (Å²) in [5.74, 6) is -0.150. The van der Waals surface area contributed by atoms with Crippen molar-refractivity contribution in [1.29, 1.82) is 0 Å². The van der Waals surface area contributed by atoms with E-state index in [9.17, 15) is 8.42 Å². The van der Waals surface area contributed by atoms with Crippen LogP contribution in [0.3, 0.4) is 0 Å². The van der Waals surface area contributed by atoms with Gasteiger partial charge < -0.3 is 10.9 Å². The van der Waals surface area contributed by atoms with Gasteiger partial charge in [0.2, 0.25) is 0 Å². The summed E-state index contributed by atoms with van der Waals surface area (Å²) in [5, 5.41) is 11.2. The first-order valence-corrected chi connectivity index (χ1v) is 6.40. The van der Waals surface area contributed by atoms with Crippen LogP contribution in [0.5, 0.6) is 0 Å². The molecule has 0 radical (unpaired) electrons. The normalized spacial score (nSPS) is 14.1. The average Bonchev–Trinajstić information content (AvgIpc) is 2.10. The largest absolute Gasteiger partial charge is 0.409 e. The highest BCUT2D eigenvalue weighted by molar-refractivity contribution is 7.87. The molecule has 0 aliphatic rings. The second kappa shape index (κ2) is 6.02. The minimum absolute atomic E-state index is 0.143. The van der Waals surface area contributed by atoms with Crippen LogP contribution < -0.4 is 10.5 Å². The predicted molar refractivity (Wildman–Crippen MR) is 62.4 cm³/mol. The van der Waals surface area contributed by atoms with Crippen LogP contribution in [0.15, 0.2) is 5.16 Å². The Balaban J connectivity index is 4.92. The standard InChI is InChI=1S/C8H20N4O3S/c1-6(2)11-16(14,15)12(7(3)4)5-8(9)10-13/h6-7,11,13H,5H2,1-4H3,(H2,9,10). The Labute approximate surface area is 96.5 Å². The Kier molecular flexibility index (Phi) is 5.70. The van der Waals surface area contributed by atoms with Crippen LogP contribution in [0.4, 0.5) is 0 Å². The van der Waals surface area contributed by atoms with Crippen molar-refractivity contribution in [2.24, 2.45) is 10.9 Å². The van der Waals surface area contributed by atoms with Crippen LogP contribution >= 0.6 is 0 Å². The Morgan fingerprint density at radius 1 is 1.44 bits per heavy atom. The van der Waals surface area contributed by atoms with Gasteiger partial charge in [0.1, 0.15) is 0 Å². The number of amidine groups is 1. The SMILES string of the molecule is CC(C)NS(=O)(=O)N(CC(N)=NO)C(C)C. The molecule has 0 saturated carbocycles. The van der Waals surface area contributed by atoms with Gasteiger partial charge in [0, 0.05) is 12.1 Å². The first kappa shape index (κ1) is 15.1. The highest BCUT2D eigenvalue weighted by Crippen LogP contribution is 2.05. The molecular weight excluding hydrogens is 232 g/mol. The summed E-state index contributed by atoms with van der Waals surface area (Å²) < 4.78 is 27.3. The Morgan fingerprint density at radius 3 is 2.25 bits per heavy atom. The fraction of sp³-hybridized carbons (Fsp3) is 0.875. The van der Waals surface area contributed by atoms with Crippen LogP contribution in [-0.4, -0.2) is 42.4 Å². The molecule has 96 valence electrons. The number of oxime groups is 1. The summed E-state index contributed by atoms with van der Waals surface area (Å²) in [4.78, 5) is 0. The lowest BCUT2D eigenvalue weighted by molar-refractivity contribution is 0.311. The third-order valence-corrected chi connectivity index (χ3v) is 3.65. The molecule has 0 aliphatic heterocycles. The molecule has 0 rings (SSSR count). The first-order valence-electron chi connectivity index (χ1n) is 4.96. The number of nitrogens with two attached hydrogens (primary N) is 1. The summed E-state index contributed by atoms with van der Waals surface area (Å²) in [6.45, 7) is 6.73. The van der Waals surface area contributed by atoms with Crippen LogP contribution in [0.1, 0.15) is 27.7 Å². The smallest absolute Gasteiger partial charge is 0.280 e. The maximum absolute atomic E-state index is 11.9. The van der Waals surface area contributed by atoms with Crippen LogP contribution in [0.2, 0.25) is 0 Å². The average molecular weight is 252 g/mol. The molecule has 0 aromatic rings. The van der Waals surface area contributed by atoms with E-state index < -0.39 is 10.2 Å². The quantitative estimate of drug-likeness (QED) is 0.261. The predicted octanol–water partition coefficient (Wildman–Crippen LogP) is -0.314. The van der Waals surface area contributed by atoms with Gasteiger partial charge in [-0.3, -0.25) is 0 Å².